The molecular weight excluding hydrogens is 299 g/mol. The zero-order chi connectivity index (χ0) is 12.3. The number of thiol groups is 2. The molecule has 0 saturated heterocycles. The van der Waals surface area contributed by atoms with Crippen LogP contribution < -0.4 is 11.5 Å². The van der Waals surface area contributed by atoms with E-state index in [1.807, 2.05) is 0 Å². The van der Waals surface area contributed by atoms with Gasteiger partial charge in [0.15, 0.2) is 0 Å². The van der Waals surface area contributed by atoms with E-state index < -0.39 is 21.3 Å². The number of hydrogen-bond donors (Lipinski definition) is 4. The summed E-state index contributed by atoms with van der Waals surface area (Å²) in [6.45, 7) is 3.33. The van der Waals surface area contributed by atoms with Crippen LogP contribution in [0.2, 0.25) is 10.6 Å². The second-order valence-corrected chi connectivity index (χ2v) is 7.81. The Balaban J connectivity index is 4.11. The first-order chi connectivity index (χ1) is 6.59. The Bertz CT molecular complexity index is 243. The van der Waals surface area contributed by atoms with Crippen molar-refractivity contribution in [3.05, 3.63) is 0 Å². The molecular formula is C8H16N2O2S2Se. The molecule has 0 aliphatic heterocycles. The van der Waals surface area contributed by atoms with Crippen LogP contribution in [0.15, 0.2) is 0 Å². The molecule has 0 rings (SSSR count). The monoisotopic (exact) mass is 316 g/mol. The van der Waals surface area contributed by atoms with Gasteiger partial charge >= 0.3 is 107 Å². The molecule has 0 saturated carbocycles. The van der Waals surface area contributed by atoms with Gasteiger partial charge in [-0.05, 0) is 0 Å². The SMILES string of the molecule is CC(S)(C[Se]CC(C)(S)C(N)=O)C(N)=O. The molecule has 0 heterocycles. The maximum atomic E-state index is 11.0. The van der Waals surface area contributed by atoms with E-state index in [2.05, 4.69) is 25.3 Å². The summed E-state index contributed by atoms with van der Waals surface area (Å²) in [5.74, 6) is -0.902. The van der Waals surface area contributed by atoms with Crippen molar-refractivity contribution in [2.45, 2.75) is 34.0 Å². The Morgan fingerprint density at radius 2 is 1.33 bits per heavy atom. The van der Waals surface area contributed by atoms with E-state index in [1.54, 1.807) is 13.8 Å². The number of rotatable bonds is 6. The normalized spacial score (nSPS) is 18.9. The van der Waals surface area contributed by atoms with Crippen LogP contribution in [-0.2, 0) is 9.59 Å². The molecule has 0 bridgehead atoms. The molecule has 0 aromatic rings. The molecule has 2 atom stereocenters. The van der Waals surface area contributed by atoms with E-state index in [0.717, 1.165) is 0 Å². The number of amides is 2. The Kier molecular flexibility index (Phi) is 5.53. The van der Waals surface area contributed by atoms with E-state index >= 15 is 0 Å². The van der Waals surface area contributed by atoms with Crippen LogP contribution >= 0.6 is 25.3 Å². The number of hydrogen-bond acceptors (Lipinski definition) is 4. The summed E-state index contributed by atoms with van der Waals surface area (Å²) in [5.41, 5.74) is 10.3. The maximum absolute atomic E-state index is 11.0. The van der Waals surface area contributed by atoms with Gasteiger partial charge in [0.2, 0.25) is 0 Å². The first-order valence-corrected chi connectivity index (χ1v) is 7.53. The zero-order valence-electron chi connectivity index (χ0n) is 8.69. The van der Waals surface area contributed by atoms with Crippen LogP contribution in [0.1, 0.15) is 13.8 Å². The Morgan fingerprint density at radius 3 is 1.53 bits per heavy atom. The molecule has 15 heavy (non-hydrogen) atoms. The average molecular weight is 315 g/mol. The van der Waals surface area contributed by atoms with Gasteiger partial charge in [-0.2, -0.15) is 0 Å². The van der Waals surface area contributed by atoms with Crippen LogP contribution in [0.25, 0.3) is 0 Å². The van der Waals surface area contributed by atoms with Crippen LogP contribution in [0, 0.1) is 0 Å². The molecule has 4 nitrogen and oxygen atoms in total. The minimum atomic E-state index is -0.818. The van der Waals surface area contributed by atoms with Gasteiger partial charge in [0.25, 0.3) is 0 Å². The molecule has 0 aromatic heterocycles. The second kappa shape index (κ2) is 5.48. The predicted molar refractivity (Wildman–Crippen MR) is 68.5 cm³/mol. The molecule has 4 N–H and O–H groups in total. The van der Waals surface area contributed by atoms with Crippen molar-refractivity contribution in [1.82, 2.24) is 0 Å². The van der Waals surface area contributed by atoms with E-state index in [4.69, 9.17) is 11.5 Å². The summed E-state index contributed by atoms with van der Waals surface area (Å²) in [6, 6.07) is 0. The molecule has 7 heteroatoms. The van der Waals surface area contributed by atoms with E-state index in [1.165, 1.54) is 0 Å². The summed E-state index contributed by atoms with van der Waals surface area (Å²) < 4.78 is -1.64. The van der Waals surface area contributed by atoms with Crippen molar-refractivity contribution in [3.8, 4) is 0 Å². The van der Waals surface area contributed by atoms with Crippen molar-refractivity contribution in [2.75, 3.05) is 0 Å². The molecule has 0 fully saturated rings. The van der Waals surface area contributed by atoms with Gasteiger partial charge in [-0.15, -0.1) is 0 Å². The van der Waals surface area contributed by atoms with E-state index in [0.29, 0.717) is 10.6 Å². The van der Waals surface area contributed by atoms with Crippen LogP contribution in [-0.4, -0.2) is 36.3 Å². The van der Waals surface area contributed by atoms with Gasteiger partial charge in [0, 0.05) is 0 Å². The van der Waals surface area contributed by atoms with Crippen LogP contribution in [0.5, 0.6) is 0 Å². The Hall–Kier alpha value is 0.159. The Labute approximate surface area is 107 Å². The summed E-state index contributed by atoms with van der Waals surface area (Å²) in [5, 5.41) is 1.11. The van der Waals surface area contributed by atoms with Crippen molar-refractivity contribution >= 4 is 52.0 Å². The second-order valence-electron chi connectivity index (χ2n) is 3.77. The summed E-state index contributed by atoms with van der Waals surface area (Å²) in [4.78, 5) is 21.9. The molecule has 0 spiro atoms. The molecule has 2 amide bonds. The van der Waals surface area contributed by atoms with Crippen LogP contribution in [0.3, 0.4) is 0 Å². The molecule has 2 unspecified atom stereocenters. The average Bonchev–Trinajstić information content (AvgIpc) is 2.02. The fourth-order valence-electron chi connectivity index (χ4n) is 0.591. The van der Waals surface area contributed by atoms with E-state index in [-0.39, 0.29) is 15.0 Å². The molecule has 0 aromatic carbocycles. The third kappa shape index (κ3) is 5.15. The minimum absolute atomic E-state index is 0.0526. The topological polar surface area (TPSA) is 86.2 Å². The van der Waals surface area contributed by atoms with Crippen molar-refractivity contribution in [1.29, 1.82) is 0 Å². The number of carbonyl (C=O) groups excluding carboxylic acids is 2. The fraction of sp³-hybridized carbons (Fsp3) is 0.750. The standard InChI is InChI=1S/C8H16N2O2S2Se/c1-7(13,5(9)11)3-15-4-8(2,14)6(10)12/h13-14H,3-4H2,1-2H3,(H2,9,11)(H2,10,12). The van der Waals surface area contributed by atoms with Gasteiger partial charge in [-0.1, -0.05) is 0 Å². The number of carbonyl (C=O) groups is 2. The number of primary amides is 2. The Morgan fingerprint density at radius 1 is 1.07 bits per heavy atom. The summed E-state index contributed by atoms with van der Waals surface area (Å²) in [6.07, 6.45) is 0. The van der Waals surface area contributed by atoms with Gasteiger partial charge < -0.3 is 0 Å². The number of nitrogens with two attached hydrogens (primary N) is 2. The third-order valence-corrected chi connectivity index (χ3v) is 6.83. The molecule has 0 aliphatic rings. The van der Waals surface area contributed by atoms with Gasteiger partial charge in [-0.25, -0.2) is 0 Å². The molecule has 0 radical (unpaired) electrons. The zero-order valence-corrected chi connectivity index (χ0v) is 12.2. The predicted octanol–water partition coefficient (Wildman–Crippen LogP) is -0.125. The quantitative estimate of drug-likeness (QED) is 0.407. The van der Waals surface area contributed by atoms with Crippen LogP contribution in [0.4, 0.5) is 0 Å². The van der Waals surface area contributed by atoms with Crippen molar-refractivity contribution < 1.29 is 9.59 Å². The first-order valence-electron chi connectivity index (χ1n) is 4.22. The molecule has 88 valence electrons. The van der Waals surface area contributed by atoms with E-state index in [9.17, 15) is 9.59 Å². The van der Waals surface area contributed by atoms with Gasteiger partial charge in [0.1, 0.15) is 0 Å². The summed E-state index contributed by atoms with van der Waals surface area (Å²) >= 11 is 8.38. The summed E-state index contributed by atoms with van der Waals surface area (Å²) in [7, 11) is 0. The molecule has 0 aliphatic carbocycles. The van der Waals surface area contributed by atoms with Crippen molar-refractivity contribution in [3.63, 3.8) is 0 Å². The van der Waals surface area contributed by atoms with Crippen molar-refractivity contribution in [2.24, 2.45) is 11.5 Å². The van der Waals surface area contributed by atoms with Gasteiger partial charge in [0.05, 0.1) is 0 Å². The third-order valence-electron chi connectivity index (χ3n) is 1.83. The fourth-order valence-corrected chi connectivity index (χ4v) is 4.02. The first kappa shape index (κ1) is 15.2. The van der Waals surface area contributed by atoms with Gasteiger partial charge in [-0.3, -0.25) is 0 Å².